The van der Waals surface area contributed by atoms with Crippen LogP contribution in [-0.2, 0) is 0 Å². The zero-order valence-electron chi connectivity index (χ0n) is 30.3. The minimum absolute atomic E-state index is 0.195. The molecule has 0 N–H and O–H groups in total. The van der Waals surface area contributed by atoms with Crippen LogP contribution in [-0.4, -0.2) is 9.55 Å². The van der Waals surface area contributed by atoms with Gasteiger partial charge >= 0.3 is 0 Å². The van der Waals surface area contributed by atoms with Crippen molar-refractivity contribution >= 4 is 32.6 Å². The summed E-state index contributed by atoms with van der Waals surface area (Å²) in [5.41, 5.74) is 9.02. The zero-order chi connectivity index (χ0) is 35.5. The molecular weight excluding hydrogens is 569 g/mol. The Morgan fingerprint density at radius 3 is 1.68 bits per heavy atom. The highest BCUT2D eigenvalue weighted by Gasteiger charge is 2.21. The predicted molar refractivity (Wildman–Crippen MR) is 198 cm³/mol. The molecule has 0 saturated heterocycles. The topological polar surface area (TPSA) is 17.8 Å². The minimum atomic E-state index is -0.396. The normalized spacial score (nSPS) is 12.9. The molecule has 0 amide bonds. The number of fused-ring (bicyclic) bond motifs is 3. The average Bonchev–Trinajstić information content (AvgIpc) is 3.59. The predicted octanol–water partition coefficient (Wildman–Crippen LogP) is 12.0. The third-order valence-corrected chi connectivity index (χ3v) is 8.90. The second-order valence-corrected chi connectivity index (χ2v) is 11.6. The van der Waals surface area contributed by atoms with E-state index in [4.69, 9.17) is 11.8 Å². The van der Waals surface area contributed by atoms with Gasteiger partial charge in [-0.25, -0.2) is 4.98 Å². The lowest BCUT2D eigenvalue weighted by Crippen LogP contribution is -2.01. The van der Waals surface area contributed by atoms with Gasteiger partial charge in [0.05, 0.1) is 23.6 Å². The average molecular weight is 604 g/mol. The molecule has 0 bridgehead atoms. The van der Waals surface area contributed by atoms with Gasteiger partial charge in [0.15, 0.2) is 0 Å². The Morgan fingerprint density at radius 1 is 0.426 bits per heavy atom. The smallest absolute Gasteiger partial charge is 0.145 e. The van der Waals surface area contributed by atoms with E-state index < -0.39 is 6.04 Å². The third-order valence-electron chi connectivity index (χ3n) is 8.90. The van der Waals surface area contributed by atoms with Crippen molar-refractivity contribution in [2.45, 2.75) is 0 Å². The molecule has 0 unspecified atom stereocenters. The molecule has 0 fully saturated rings. The fraction of sp³-hybridized carbons (Fsp3) is 0. The van der Waals surface area contributed by atoms with Crippen LogP contribution >= 0.6 is 0 Å². The third kappa shape index (κ3) is 4.54. The summed E-state index contributed by atoms with van der Waals surface area (Å²) in [6.45, 7) is 0. The van der Waals surface area contributed by atoms with Crippen LogP contribution < -0.4 is 0 Å². The van der Waals surface area contributed by atoms with Gasteiger partial charge in [0.2, 0.25) is 0 Å². The van der Waals surface area contributed by atoms with E-state index in [1.165, 1.54) is 0 Å². The van der Waals surface area contributed by atoms with Gasteiger partial charge in [-0.15, -0.1) is 0 Å². The molecule has 2 heteroatoms. The lowest BCUT2D eigenvalue weighted by molar-refractivity contribution is 1.10. The van der Waals surface area contributed by atoms with Crippen molar-refractivity contribution in [3.8, 4) is 50.5 Å². The van der Waals surface area contributed by atoms with Crippen LogP contribution in [0.1, 0.15) is 6.85 Å². The quantitative estimate of drug-likeness (QED) is 0.179. The fourth-order valence-electron chi connectivity index (χ4n) is 6.86. The highest BCUT2D eigenvalue weighted by molar-refractivity contribution is 6.22. The van der Waals surface area contributed by atoms with Crippen LogP contribution in [0.3, 0.4) is 0 Å². The summed E-state index contributed by atoms with van der Waals surface area (Å²) in [5, 5.41) is 4.37. The summed E-state index contributed by atoms with van der Waals surface area (Å²) < 4.78 is 43.7. The van der Waals surface area contributed by atoms with Crippen molar-refractivity contribution in [1.82, 2.24) is 9.55 Å². The van der Waals surface area contributed by atoms with Crippen molar-refractivity contribution in [2.75, 3.05) is 0 Å². The van der Waals surface area contributed by atoms with Crippen molar-refractivity contribution in [3.05, 3.63) is 182 Å². The molecule has 1 aromatic heterocycles. The highest BCUT2D eigenvalue weighted by atomic mass is 15.1. The Kier molecular flexibility index (Phi) is 5.35. The monoisotopic (exact) mass is 603 g/mol. The van der Waals surface area contributed by atoms with Crippen LogP contribution in [0.4, 0.5) is 0 Å². The molecular formula is C45H30N2. The molecule has 0 atom stereocenters. The second kappa shape index (κ2) is 11.3. The van der Waals surface area contributed by atoms with Gasteiger partial charge < -0.3 is 0 Å². The Balaban J connectivity index is 1.29. The number of rotatable bonds is 5. The van der Waals surface area contributed by atoms with E-state index in [2.05, 4.69) is 108 Å². The molecule has 47 heavy (non-hydrogen) atoms. The van der Waals surface area contributed by atoms with Crippen molar-refractivity contribution in [2.24, 2.45) is 0 Å². The largest absolute Gasteiger partial charge is 0.292 e. The van der Waals surface area contributed by atoms with Gasteiger partial charge in [-0.2, -0.15) is 0 Å². The molecule has 9 aromatic rings. The molecule has 0 aliphatic carbocycles. The molecule has 220 valence electrons. The number of hydrogen-bond acceptors (Lipinski definition) is 1. The first kappa shape index (κ1) is 22.3. The van der Waals surface area contributed by atoms with Crippen molar-refractivity contribution < 1.29 is 6.85 Å². The lowest BCUT2D eigenvalue weighted by Gasteiger charge is -2.21. The molecule has 0 aliphatic rings. The van der Waals surface area contributed by atoms with E-state index >= 15 is 0 Å². The Labute approximate surface area is 280 Å². The van der Waals surface area contributed by atoms with Gasteiger partial charge in [0, 0.05) is 11.1 Å². The molecule has 0 saturated carbocycles. The minimum Gasteiger partial charge on any atom is -0.292 e. The molecule has 0 aliphatic heterocycles. The van der Waals surface area contributed by atoms with Crippen molar-refractivity contribution in [1.29, 1.82) is 0 Å². The molecule has 9 rings (SSSR count). The number of hydrogen-bond donors (Lipinski definition) is 0. The summed E-state index contributed by atoms with van der Waals surface area (Å²) in [6, 6.07) is 50.3. The van der Waals surface area contributed by atoms with Crippen LogP contribution in [0.2, 0.25) is 0 Å². The summed E-state index contributed by atoms with van der Waals surface area (Å²) in [6.07, 6.45) is 0. The summed E-state index contributed by atoms with van der Waals surface area (Å²) in [4.78, 5) is 5.14. The first-order chi connectivity index (χ1) is 25.4. The standard InChI is InChI=1S/C45H30N2/c1-3-15-31(16-4-1)32-27-29-33(30-28-32)43-35-19-7-9-21-37(35)44(38-22-10-8-20-36(38)43)39-23-11-13-25-41(39)47-42-26-14-12-24-40(42)46-45(47)34-17-5-2-6-18-34/h1-30H/i1D,3D,4D,15D,16D. The Hall–Kier alpha value is -6.25. The van der Waals surface area contributed by atoms with E-state index in [1.54, 1.807) is 0 Å². The SMILES string of the molecule is [2H]c1c([2H])c([2H])c(-c2ccc(-c3c4ccccc4c(-c4ccccc4-n4c(-c5ccccc5)nc5ccccc54)c4ccccc34)cc2)c([2H])c1[2H]. The van der Waals surface area contributed by atoms with Gasteiger partial charge in [-0.1, -0.05) is 164 Å². The van der Waals surface area contributed by atoms with Crippen LogP contribution in [0.25, 0.3) is 83.0 Å². The van der Waals surface area contributed by atoms with Crippen LogP contribution in [0, 0.1) is 0 Å². The van der Waals surface area contributed by atoms with E-state index in [9.17, 15) is 0 Å². The zero-order valence-corrected chi connectivity index (χ0v) is 25.3. The number of benzene rings is 8. The van der Waals surface area contributed by atoms with E-state index in [1.807, 2.05) is 48.5 Å². The molecule has 0 radical (unpaired) electrons. The van der Waals surface area contributed by atoms with Gasteiger partial charge in [-0.3, -0.25) is 4.57 Å². The lowest BCUT2D eigenvalue weighted by atomic mass is 9.85. The van der Waals surface area contributed by atoms with Gasteiger partial charge in [0.25, 0.3) is 0 Å². The maximum Gasteiger partial charge on any atom is 0.145 e. The number of imidazole rings is 1. The number of aromatic nitrogens is 2. The number of para-hydroxylation sites is 3. The maximum absolute atomic E-state index is 8.51. The fourth-order valence-corrected chi connectivity index (χ4v) is 6.86. The van der Waals surface area contributed by atoms with Gasteiger partial charge in [-0.05, 0) is 67.6 Å². The Morgan fingerprint density at radius 2 is 0.979 bits per heavy atom. The molecule has 1 heterocycles. The van der Waals surface area contributed by atoms with E-state index in [-0.39, 0.29) is 29.7 Å². The molecule has 2 nitrogen and oxygen atoms in total. The maximum atomic E-state index is 8.51. The second-order valence-electron chi connectivity index (χ2n) is 11.6. The molecule has 8 aromatic carbocycles. The van der Waals surface area contributed by atoms with Crippen LogP contribution in [0.15, 0.2) is 182 Å². The Bertz CT molecular complexity index is 2760. The highest BCUT2D eigenvalue weighted by Crippen LogP contribution is 2.46. The summed E-state index contributed by atoms with van der Waals surface area (Å²) in [5.74, 6) is 0.874. The molecule has 0 spiro atoms. The summed E-state index contributed by atoms with van der Waals surface area (Å²) >= 11 is 0. The van der Waals surface area contributed by atoms with E-state index in [0.29, 0.717) is 5.56 Å². The van der Waals surface area contributed by atoms with E-state index in [0.717, 1.165) is 71.9 Å². The van der Waals surface area contributed by atoms with Crippen LogP contribution in [0.5, 0.6) is 0 Å². The summed E-state index contributed by atoms with van der Waals surface area (Å²) in [7, 11) is 0. The van der Waals surface area contributed by atoms with Gasteiger partial charge in [0.1, 0.15) is 5.82 Å². The van der Waals surface area contributed by atoms with Crippen molar-refractivity contribution in [3.63, 3.8) is 0 Å². The first-order valence-corrected chi connectivity index (χ1v) is 15.7. The first-order valence-electron chi connectivity index (χ1n) is 18.2. The number of nitrogens with zero attached hydrogens (tertiary/aromatic N) is 2.